The van der Waals surface area contributed by atoms with E-state index in [9.17, 15) is 9.59 Å². The van der Waals surface area contributed by atoms with Crippen LogP contribution in [0.4, 0.5) is 5.69 Å². The van der Waals surface area contributed by atoms with Gasteiger partial charge in [-0.05, 0) is 43.2 Å². The van der Waals surface area contributed by atoms with Crippen LogP contribution in [0.1, 0.15) is 42.6 Å². The van der Waals surface area contributed by atoms with Crippen LogP contribution in [0.2, 0.25) is 0 Å². The van der Waals surface area contributed by atoms with E-state index in [1.807, 2.05) is 38.1 Å². The molecule has 0 atom stereocenters. The third-order valence-corrected chi connectivity index (χ3v) is 4.40. The number of para-hydroxylation sites is 1. The van der Waals surface area contributed by atoms with Crippen molar-refractivity contribution in [3.63, 3.8) is 0 Å². The SMILES string of the molecule is CCC(CC)C(=O)Nc1ccc(C(=O)NCc2ccccc2OC)cc1. The molecular formula is C21H26N2O3. The number of carbonyl (C=O) groups is 2. The molecule has 0 aromatic heterocycles. The van der Waals surface area contributed by atoms with Gasteiger partial charge in [0.15, 0.2) is 0 Å². The van der Waals surface area contributed by atoms with Crippen molar-refractivity contribution in [1.82, 2.24) is 5.32 Å². The Labute approximate surface area is 154 Å². The number of anilines is 1. The number of hydrogen-bond donors (Lipinski definition) is 2. The fraction of sp³-hybridized carbons (Fsp3) is 0.333. The Hall–Kier alpha value is -2.82. The maximum atomic E-state index is 12.3. The quantitative estimate of drug-likeness (QED) is 0.753. The lowest BCUT2D eigenvalue weighted by Gasteiger charge is -2.13. The van der Waals surface area contributed by atoms with Crippen LogP contribution in [-0.2, 0) is 11.3 Å². The number of benzene rings is 2. The normalized spacial score (nSPS) is 10.5. The van der Waals surface area contributed by atoms with E-state index >= 15 is 0 Å². The average Bonchev–Trinajstić information content (AvgIpc) is 2.67. The minimum absolute atomic E-state index is 0.0128. The van der Waals surface area contributed by atoms with Crippen LogP contribution in [0.25, 0.3) is 0 Å². The molecule has 0 saturated carbocycles. The summed E-state index contributed by atoms with van der Waals surface area (Å²) in [6.45, 7) is 4.39. The lowest BCUT2D eigenvalue weighted by molar-refractivity contribution is -0.120. The topological polar surface area (TPSA) is 67.4 Å². The number of carbonyl (C=O) groups excluding carboxylic acids is 2. The van der Waals surface area contributed by atoms with Gasteiger partial charge >= 0.3 is 0 Å². The van der Waals surface area contributed by atoms with Gasteiger partial charge in [-0.1, -0.05) is 32.0 Å². The number of ether oxygens (including phenoxy) is 1. The minimum Gasteiger partial charge on any atom is -0.496 e. The Balaban J connectivity index is 1.95. The predicted molar refractivity (Wildman–Crippen MR) is 103 cm³/mol. The van der Waals surface area contributed by atoms with Crippen LogP contribution in [0.15, 0.2) is 48.5 Å². The number of rotatable bonds is 8. The first kappa shape index (κ1) is 19.5. The summed E-state index contributed by atoms with van der Waals surface area (Å²) in [7, 11) is 1.61. The molecule has 5 nitrogen and oxygen atoms in total. The summed E-state index contributed by atoms with van der Waals surface area (Å²) in [5, 5.41) is 5.78. The van der Waals surface area contributed by atoms with Crippen molar-refractivity contribution >= 4 is 17.5 Å². The summed E-state index contributed by atoms with van der Waals surface area (Å²) >= 11 is 0. The third-order valence-electron chi connectivity index (χ3n) is 4.40. The minimum atomic E-state index is -0.172. The van der Waals surface area contributed by atoms with Gasteiger partial charge in [0, 0.05) is 29.3 Å². The van der Waals surface area contributed by atoms with E-state index in [1.54, 1.807) is 31.4 Å². The predicted octanol–water partition coefficient (Wildman–Crippen LogP) is 4.00. The molecular weight excluding hydrogens is 328 g/mol. The molecule has 138 valence electrons. The van der Waals surface area contributed by atoms with E-state index in [1.165, 1.54) is 0 Å². The van der Waals surface area contributed by atoms with Crippen molar-refractivity contribution in [3.05, 3.63) is 59.7 Å². The van der Waals surface area contributed by atoms with Crippen LogP contribution in [0.5, 0.6) is 5.75 Å². The van der Waals surface area contributed by atoms with E-state index in [4.69, 9.17) is 4.74 Å². The second-order valence-corrected chi connectivity index (χ2v) is 6.07. The smallest absolute Gasteiger partial charge is 0.251 e. The highest BCUT2D eigenvalue weighted by molar-refractivity contribution is 5.96. The zero-order valence-corrected chi connectivity index (χ0v) is 15.5. The molecule has 0 aliphatic carbocycles. The summed E-state index contributed by atoms with van der Waals surface area (Å²) in [6, 6.07) is 14.5. The van der Waals surface area contributed by atoms with E-state index in [-0.39, 0.29) is 17.7 Å². The first-order valence-electron chi connectivity index (χ1n) is 8.90. The van der Waals surface area contributed by atoms with Crippen LogP contribution in [0, 0.1) is 5.92 Å². The molecule has 26 heavy (non-hydrogen) atoms. The zero-order valence-electron chi connectivity index (χ0n) is 15.5. The molecule has 2 aromatic carbocycles. The molecule has 0 bridgehead atoms. The highest BCUT2D eigenvalue weighted by atomic mass is 16.5. The maximum Gasteiger partial charge on any atom is 0.251 e. The Kier molecular flexibility index (Phi) is 7.21. The van der Waals surface area contributed by atoms with Gasteiger partial charge in [0.2, 0.25) is 5.91 Å². The average molecular weight is 354 g/mol. The molecule has 5 heteroatoms. The Bertz CT molecular complexity index is 737. The second kappa shape index (κ2) is 9.61. The number of hydrogen-bond acceptors (Lipinski definition) is 3. The molecule has 0 aliphatic heterocycles. The molecule has 2 aromatic rings. The van der Waals surface area contributed by atoms with E-state index in [0.717, 1.165) is 24.2 Å². The first-order chi connectivity index (χ1) is 12.6. The molecule has 0 unspecified atom stereocenters. The summed E-state index contributed by atoms with van der Waals surface area (Å²) in [4.78, 5) is 24.4. The van der Waals surface area contributed by atoms with Crippen molar-refractivity contribution in [2.75, 3.05) is 12.4 Å². The van der Waals surface area contributed by atoms with Gasteiger partial charge in [-0.15, -0.1) is 0 Å². The standard InChI is InChI=1S/C21H26N2O3/c1-4-15(5-2)21(25)23-18-12-10-16(11-13-18)20(24)22-14-17-8-6-7-9-19(17)26-3/h6-13,15H,4-5,14H2,1-3H3,(H,22,24)(H,23,25). The molecule has 2 rings (SSSR count). The van der Waals surface area contributed by atoms with Crippen molar-refractivity contribution in [2.24, 2.45) is 5.92 Å². The van der Waals surface area contributed by atoms with Gasteiger partial charge in [-0.2, -0.15) is 0 Å². The highest BCUT2D eigenvalue weighted by Crippen LogP contribution is 2.17. The number of methoxy groups -OCH3 is 1. The lowest BCUT2D eigenvalue weighted by atomic mass is 10.0. The van der Waals surface area contributed by atoms with Gasteiger partial charge in [0.05, 0.1) is 7.11 Å². The lowest BCUT2D eigenvalue weighted by Crippen LogP contribution is -2.23. The van der Waals surface area contributed by atoms with Gasteiger partial charge in [-0.25, -0.2) is 0 Å². The summed E-state index contributed by atoms with van der Waals surface area (Å²) in [5.74, 6) is 0.600. The van der Waals surface area contributed by atoms with E-state index < -0.39 is 0 Å². The molecule has 0 saturated heterocycles. The van der Waals surface area contributed by atoms with Crippen LogP contribution < -0.4 is 15.4 Å². The van der Waals surface area contributed by atoms with Gasteiger partial charge in [0.25, 0.3) is 5.91 Å². The molecule has 0 heterocycles. The summed E-state index contributed by atoms with van der Waals surface area (Å²) < 4.78 is 5.28. The van der Waals surface area contributed by atoms with Gasteiger partial charge in [0.1, 0.15) is 5.75 Å². The molecule has 0 spiro atoms. The zero-order chi connectivity index (χ0) is 18.9. The number of nitrogens with one attached hydrogen (secondary N) is 2. The van der Waals surface area contributed by atoms with Crippen LogP contribution in [0.3, 0.4) is 0 Å². The van der Waals surface area contributed by atoms with Gasteiger partial charge < -0.3 is 15.4 Å². The summed E-state index contributed by atoms with van der Waals surface area (Å²) in [6.07, 6.45) is 1.62. The molecule has 0 fully saturated rings. The van der Waals surface area contributed by atoms with E-state index in [0.29, 0.717) is 17.8 Å². The fourth-order valence-corrected chi connectivity index (χ4v) is 2.74. The van der Waals surface area contributed by atoms with Crippen molar-refractivity contribution in [1.29, 1.82) is 0 Å². The molecule has 2 amide bonds. The third kappa shape index (κ3) is 5.09. The summed E-state index contributed by atoms with van der Waals surface area (Å²) in [5.41, 5.74) is 2.15. The molecule has 0 aliphatic rings. The Morgan fingerprint density at radius 2 is 1.65 bits per heavy atom. The highest BCUT2D eigenvalue weighted by Gasteiger charge is 2.14. The molecule has 0 radical (unpaired) electrons. The van der Waals surface area contributed by atoms with Crippen LogP contribution in [-0.4, -0.2) is 18.9 Å². The van der Waals surface area contributed by atoms with Crippen LogP contribution >= 0.6 is 0 Å². The molecule has 2 N–H and O–H groups in total. The maximum absolute atomic E-state index is 12.3. The monoisotopic (exact) mass is 354 g/mol. The Morgan fingerprint density at radius 3 is 2.27 bits per heavy atom. The first-order valence-corrected chi connectivity index (χ1v) is 8.90. The van der Waals surface area contributed by atoms with Crippen molar-refractivity contribution < 1.29 is 14.3 Å². The van der Waals surface area contributed by atoms with Crippen molar-refractivity contribution in [3.8, 4) is 5.75 Å². The fourth-order valence-electron chi connectivity index (χ4n) is 2.74. The Morgan fingerprint density at radius 1 is 1.00 bits per heavy atom. The largest absolute Gasteiger partial charge is 0.496 e. The van der Waals surface area contributed by atoms with E-state index in [2.05, 4.69) is 10.6 Å². The number of amides is 2. The second-order valence-electron chi connectivity index (χ2n) is 6.07. The van der Waals surface area contributed by atoms with Crippen molar-refractivity contribution in [2.45, 2.75) is 33.2 Å². The van der Waals surface area contributed by atoms with Gasteiger partial charge in [-0.3, -0.25) is 9.59 Å².